The SMILES string of the molecule is c1ccn(-c2cccn2-n2cccc2)c1. The van der Waals surface area contributed by atoms with Gasteiger partial charge in [0.05, 0.1) is 0 Å². The van der Waals surface area contributed by atoms with Gasteiger partial charge in [0.1, 0.15) is 5.82 Å². The highest BCUT2D eigenvalue weighted by Gasteiger charge is 2.01. The van der Waals surface area contributed by atoms with Crippen LogP contribution in [0, 0.1) is 0 Å². The van der Waals surface area contributed by atoms with E-state index in [1.54, 1.807) is 0 Å². The average molecular weight is 197 g/mol. The summed E-state index contributed by atoms with van der Waals surface area (Å²) in [7, 11) is 0. The summed E-state index contributed by atoms with van der Waals surface area (Å²) in [5.74, 6) is 1.12. The highest BCUT2D eigenvalue weighted by Crippen LogP contribution is 2.10. The van der Waals surface area contributed by atoms with Crippen molar-refractivity contribution < 1.29 is 0 Å². The van der Waals surface area contributed by atoms with E-state index in [9.17, 15) is 0 Å². The van der Waals surface area contributed by atoms with Crippen molar-refractivity contribution in [1.82, 2.24) is 13.9 Å². The first-order chi connectivity index (χ1) is 7.45. The van der Waals surface area contributed by atoms with Crippen LogP contribution < -0.4 is 0 Å². The Kier molecular flexibility index (Phi) is 1.75. The molecule has 3 heterocycles. The molecular formula is C12H11N3. The maximum absolute atomic E-state index is 2.08. The fourth-order valence-electron chi connectivity index (χ4n) is 1.72. The third-order valence-corrected chi connectivity index (χ3v) is 2.41. The van der Waals surface area contributed by atoms with Crippen LogP contribution in [0.5, 0.6) is 0 Å². The molecule has 3 nitrogen and oxygen atoms in total. The molecule has 3 aromatic rings. The first-order valence-electron chi connectivity index (χ1n) is 4.89. The minimum Gasteiger partial charge on any atom is -0.309 e. The van der Waals surface area contributed by atoms with Gasteiger partial charge in [-0.3, -0.25) is 4.68 Å². The third-order valence-electron chi connectivity index (χ3n) is 2.41. The predicted molar refractivity (Wildman–Crippen MR) is 59.0 cm³/mol. The molecule has 0 spiro atoms. The van der Waals surface area contributed by atoms with Crippen LogP contribution in [0.25, 0.3) is 5.82 Å². The van der Waals surface area contributed by atoms with Crippen molar-refractivity contribution in [2.45, 2.75) is 0 Å². The fourth-order valence-corrected chi connectivity index (χ4v) is 1.72. The monoisotopic (exact) mass is 197 g/mol. The number of aromatic nitrogens is 3. The lowest BCUT2D eigenvalue weighted by Gasteiger charge is -2.10. The number of nitrogens with zero attached hydrogens (tertiary/aromatic N) is 3. The van der Waals surface area contributed by atoms with Crippen LogP contribution in [-0.2, 0) is 0 Å². The number of hydrogen-bond acceptors (Lipinski definition) is 0. The predicted octanol–water partition coefficient (Wildman–Crippen LogP) is 2.39. The van der Waals surface area contributed by atoms with Crippen LogP contribution in [0.3, 0.4) is 0 Å². The minimum atomic E-state index is 1.12. The lowest BCUT2D eigenvalue weighted by atomic mass is 10.6. The normalized spacial score (nSPS) is 10.7. The van der Waals surface area contributed by atoms with E-state index in [-0.39, 0.29) is 0 Å². The molecule has 0 N–H and O–H groups in total. The van der Waals surface area contributed by atoms with E-state index < -0.39 is 0 Å². The molecule has 0 amide bonds. The third kappa shape index (κ3) is 1.29. The molecule has 15 heavy (non-hydrogen) atoms. The van der Waals surface area contributed by atoms with Gasteiger partial charge >= 0.3 is 0 Å². The second kappa shape index (κ2) is 3.20. The standard InChI is InChI=1S/C12H11N3/c1-2-8-13(7-1)12-6-5-11-15(12)14-9-3-4-10-14/h1-11H. The molecule has 3 heteroatoms. The molecule has 0 saturated heterocycles. The Bertz CT molecular complexity index is 480. The Hall–Kier alpha value is -2.16. The van der Waals surface area contributed by atoms with Crippen LogP contribution >= 0.6 is 0 Å². The van der Waals surface area contributed by atoms with Crippen LogP contribution in [0.15, 0.2) is 67.4 Å². The Balaban J connectivity index is 2.15. The van der Waals surface area contributed by atoms with E-state index in [1.165, 1.54) is 0 Å². The molecule has 0 aliphatic carbocycles. The minimum absolute atomic E-state index is 1.12. The van der Waals surface area contributed by atoms with Crippen LogP contribution in [0.4, 0.5) is 0 Å². The first kappa shape index (κ1) is 8.17. The van der Waals surface area contributed by atoms with Crippen LogP contribution in [-0.4, -0.2) is 13.9 Å². The van der Waals surface area contributed by atoms with Gasteiger partial charge in [-0.1, -0.05) is 0 Å². The van der Waals surface area contributed by atoms with Crippen molar-refractivity contribution in [2.24, 2.45) is 0 Å². The van der Waals surface area contributed by atoms with Crippen molar-refractivity contribution >= 4 is 0 Å². The lowest BCUT2D eigenvalue weighted by molar-refractivity contribution is 0.646. The summed E-state index contributed by atoms with van der Waals surface area (Å²) in [6, 6.07) is 12.2. The maximum atomic E-state index is 2.08. The van der Waals surface area contributed by atoms with Crippen molar-refractivity contribution in [3.63, 3.8) is 0 Å². The second-order valence-electron chi connectivity index (χ2n) is 3.36. The van der Waals surface area contributed by atoms with E-state index in [4.69, 9.17) is 0 Å². The van der Waals surface area contributed by atoms with Gasteiger partial charge in [-0.05, 0) is 36.4 Å². The van der Waals surface area contributed by atoms with Gasteiger partial charge in [-0.2, -0.15) is 0 Å². The smallest absolute Gasteiger partial charge is 0.136 e. The Labute approximate surface area is 87.8 Å². The zero-order valence-electron chi connectivity index (χ0n) is 8.19. The lowest BCUT2D eigenvalue weighted by Crippen LogP contribution is -2.09. The quantitative estimate of drug-likeness (QED) is 0.599. The van der Waals surface area contributed by atoms with Gasteiger partial charge in [0, 0.05) is 31.0 Å². The van der Waals surface area contributed by atoms with Crippen LogP contribution in [0.1, 0.15) is 0 Å². The van der Waals surface area contributed by atoms with E-state index in [0.717, 1.165) is 5.82 Å². The van der Waals surface area contributed by atoms with Gasteiger partial charge in [0.25, 0.3) is 0 Å². The van der Waals surface area contributed by atoms with E-state index in [1.807, 2.05) is 66.0 Å². The van der Waals surface area contributed by atoms with Gasteiger partial charge < -0.3 is 4.57 Å². The molecule has 0 unspecified atom stereocenters. The van der Waals surface area contributed by atoms with E-state index in [0.29, 0.717) is 0 Å². The fraction of sp³-hybridized carbons (Fsp3) is 0. The molecule has 0 saturated carbocycles. The van der Waals surface area contributed by atoms with Crippen molar-refractivity contribution in [3.05, 3.63) is 67.4 Å². The molecule has 0 atom stereocenters. The van der Waals surface area contributed by atoms with Gasteiger partial charge in [0.2, 0.25) is 0 Å². The van der Waals surface area contributed by atoms with Gasteiger partial charge in [-0.15, -0.1) is 0 Å². The highest BCUT2D eigenvalue weighted by molar-refractivity contribution is 5.26. The Morgan fingerprint density at radius 2 is 1.33 bits per heavy atom. The summed E-state index contributed by atoms with van der Waals surface area (Å²) < 4.78 is 6.20. The van der Waals surface area contributed by atoms with E-state index in [2.05, 4.69) is 15.3 Å². The van der Waals surface area contributed by atoms with Crippen molar-refractivity contribution in [2.75, 3.05) is 0 Å². The molecule has 0 aliphatic rings. The van der Waals surface area contributed by atoms with Crippen molar-refractivity contribution in [1.29, 1.82) is 0 Å². The maximum Gasteiger partial charge on any atom is 0.136 e. The molecule has 0 fully saturated rings. The second-order valence-corrected chi connectivity index (χ2v) is 3.36. The van der Waals surface area contributed by atoms with Crippen LogP contribution in [0.2, 0.25) is 0 Å². The van der Waals surface area contributed by atoms with Gasteiger partial charge in [0.15, 0.2) is 0 Å². The Morgan fingerprint density at radius 3 is 2.07 bits per heavy atom. The molecule has 0 bridgehead atoms. The number of hydrogen-bond donors (Lipinski definition) is 0. The summed E-state index contributed by atoms with van der Waals surface area (Å²) in [6.45, 7) is 0. The summed E-state index contributed by atoms with van der Waals surface area (Å²) in [6.07, 6.45) is 10.2. The first-order valence-corrected chi connectivity index (χ1v) is 4.89. The highest BCUT2D eigenvalue weighted by atomic mass is 15.5. The molecule has 0 aliphatic heterocycles. The van der Waals surface area contributed by atoms with E-state index >= 15 is 0 Å². The molecule has 3 rings (SSSR count). The molecule has 0 aromatic carbocycles. The summed E-state index contributed by atoms with van der Waals surface area (Å²) in [5.41, 5.74) is 0. The van der Waals surface area contributed by atoms with Crippen molar-refractivity contribution in [3.8, 4) is 5.82 Å². The molecule has 0 radical (unpaired) electrons. The summed E-state index contributed by atoms with van der Waals surface area (Å²) >= 11 is 0. The molecule has 74 valence electrons. The number of rotatable bonds is 2. The largest absolute Gasteiger partial charge is 0.309 e. The zero-order valence-corrected chi connectivity index (χ0v) is 8.19. The molecule has 3 aromatic heterocycles. The Morgan fingerprint density at radius 1 is 0.667 bits per heavy atom. The van der Waals surface area contributed by atoms with Gasteiger partial charge in [-0.25, -0.2) is 4.68 Å². The average Bonchev–Trinajstić information content (AvgIpc) is 3.01. The topological polar surface area (TPSA) is 14.8 Å². The zero-order chi connectivity index (χ0) is 10.1. The summed E-state index contributed by atoms with van der Waals surface area (Å²) in [4.78, 5) is 0. The summed E-state index contributed by atoms with van der Waals surface area (Å²) in [5, 5.41) is 0. The molecular weight excluding hydrogens is 186 g/mol.